The number of hydrogen-bond donors (Lipinski definition) is 4. The van der Waals surface area contributed by atoms with Gasteiger partial charge in [-0.15, -0.1) is 0 Å². The SMILES string of the molecule is CC1(C)CC(COC(=O)c2ccc(C(=O)OCC3CC(C)(C)NC3(C)C)c3c(C(=O)OCC4CC(C)(C)N(O)C4(C)C)ccc(C(=O)OCC4CC(C)(C)NC4(C)C)c23)C(C)(C)N1. The molecule has 0 amide bonds. The van der Waals surface area contributed by atoms with E-state index < -0.39 is 35.0 Å². The lowest BCUT2D eigenvalue weighted by Crippen LogP contribution is -2.47. The van der Waals surface area contributed by atoms with Crippen LogP contribution >= 0.6 is 0 Å². The number of benzene rings is 2. The number of rotatable bonds is 12. The molecule has 0 bridgehead atoms. The van der Waals surface area contributed by atoms with Crippen molar-refractivity contribution in [2.75, 3.05) is 26.4 Å². The molecule has 4 fully saturated rings. The van der Waals surface area contributed by atoms with Gasteiger partial charge in [0.2, 0.25) is 0 Å². The van der Waals surface area contributed by atoms with Gasteiger partial charge in [-0.2, -0.15) is 5.06 Å². The molecule has 4 saturated heterocycles. The van der Waals surface area contributed by atoms with E-state index in [-0.39, 0.29) is 116 Å². The number of hydroxylamine groups is 2. The zero-order chi connectivity index (χ0) is 47.1. The largest absolute Gasteiger partial charge is 0.462 e. The molecule has 2 aromatic carbocycles. The molecule has 0 radical (unpaired) electrons. The van der Waals surface area contributed by atoms with Crippen molar-refractivity contribution in [1.29, 1.82) is 0 Å². The maximum atomic E-state index is 14.5. The summed E-state index contributed by atoms with van der Waals surface area (Å²) < 4.78 is 24.3. The van der Waals surface area contributed by atoms with E-state index in [0.29, 0.717) is 6.42 Å². The number of nitrogens with zero attached hydrogens (tertiary/aromatic N) is 1. The van der Waals surface area contributed by atoms with Crippen LogP contribution in [-0.4, -0.2) is 105 Å². The first kappa shape index (κ1) is 48.8. The maximum Gasteiger partial charge on any atom is 0.338 e. The summed E-state index contributed by atoms with van der Waals surface area (Å²) >= 11 is 0. The van der Waals surface area contributed by atoms with Gasteiger partial charge in [-0.1, -0.05) is 0 Å². The molecule has 13 nitrogen and oxygen atoms in total. The molecule has 4 atom stereocenters. The van der Waals surface area contributed by atoms with E-state index in [4.69, 9.17) is 18.9 Å². The fourth-order valence-corrected chi connectivity index (χ4v) is 11.8. The number of fused-ring (bicyclic) bond motifs is 1. The van der Waals surface area contributed by atoms with Gasteiger partial charge in [-0.05, 0) is 161 Å². The average molecular weight is 877 g/mol. The van der Waals surface area contributed by atoms with E-state index in [2.05, 4.69) is 99.0 Å². The summed E-state index contributed by atoms with van der Waals surface area (Å²) in [5.41, 5.74) is -2.74. The number of ether oxygens (including phenoxy) is 4. The molecule has 0 aromatic heterocycles. The summed E-state index contributed by atoms with van der Waals surface area (Å²) in [6, 6.07) is 5.88. The van der Waals surface area contributed by atoms with Gasteiger partial charge >= 0.3 is 23.9 Å². The first-order chi connectivity index (χ1) is 28.7. The van der Waals surface area contributed by atoms with Gasteiger partial charge in [0.1, 0.15) is 0 Å². The van der Waals surface area contributed by atoms with Crippen LogP contribution in [0, 0.1) is 23.7 Å². The highest BCUT2D eigenvalue weighted by atomic mass is 16.5. The molecule has 13 heteroatoms. The van der Waals surface area contributed by atoms with E-state index in [9.17, 15) is 24.4 Å². The highest BCUT2D eigenvalue weighted by Gasteiger charge is 2.52. The van der Waals surface area contributed by atoms with E-state index in [1.54, 1.807) is 0 Å². The smallest absolute Gasteiger partial charge is 0.338 e. The number of hydrogen-bond acceptors (Lipinski definition) is 13. The van der Waals surface area contributed by atoms with E-state index in [0.717, 1.165) is 19.3 Å². The Bertz CT molecular complexity index is 2080. The van der Waals surface area contributed by atoms with Crippen molar-refractivity contribution >= 4 is 34.6 Å². The minimum absolute atomic E-state index is 0.000729. The minimum Gasteiger partial charge on any atom is -0.462 e. The number of carbonyl (C=O) groups excluding carboxylic acids is 4. The topological polar surface area (TPSA) is 165 Å². The first-order valence-electron chi connectivity index (χ1n) is 22.8. The molecule has 350 valence electrons. The molecule has 63 heavy (non-hydrogen) atoms. The minimum atomic E-state index is -0.755. The van der Waals surface area contributed by atoms with Gasteiger partial charge in [-0.25, -0.2) is 19.2 Å². The summed E-state index contributed by atoms with van der Waals surface area (Å²) in [5.74, 6) is -3.16. The van der Waals surface area contributed by atoms with Crippen molar-refractivity contribution in [3.05, 3.63) is 46.5 Å². The molecule has 4 aliphatic rings. The predicted octanol–water partition coefficient (Wildman–Crippen LogP) is 8.24. The van der Waals surface area contributed by atoms with Crippen LogP contribution < -0.4 is 16.0 Å². The Balaban J connectivity index is 1.44. The zero-order valence-electron chi connectivity index (χ0n) is 40.9. The third-order valence-corrected chi connectivity index (χ3v) is 14.9. The fraction of sp³-hybridized carbons (Fsp3) is 0.720. The standard InChI is InChI=1S/C50H76N4O9/c1-43(2)21-29(47(9,10)51-43)25-60-39(55)33-17-18-35(41(57)62-27-31-23-45(5,6)53-49(31,13)14)38-36(42(58)63-28-32-24-46(7,8)54(59)50(32,15)16)20-19-34(37(33)38)40(56)61-26-30-22-44(3,4)52-48(30,11)12/h17-20,29-32,51-53,59H,21-28H2,1-16H3. The van der Waals surface area contributed by atoms with Gasteiger partial charge < -0.3 is 40.1 Å². The van der Waals surface area contributed by atoms with Gasteiger partial charge in [0.15, 0.2) is 0 Å². The Morgan fingerprint density at radius 3 is 0.937 bits per heavy atom. The summed E-state index contributed by atoms with van der Waals surface area (Å²) in [6.07, 6.45) is 2.86. The lowest BCUT2D eigenvalue weighted by Gasteiger charge is -2.35. The second kappa shape index (κ2) is 16.4. The third kappa shape index (κ3) is 9.98. The second-order valence-corrected chi connectivity index (χ2v) is 24.0. The van der Waals surface area contributed by atoms with Crippen LogP contribution in [0.1, 0.15) is 178 Å². The number of esters is 4. The third-order valence-electron chi connectivity index (χ3n) is 14.9. The molecule has 6 rings (SSSR count). The van der Waals surface area contributed by atoms with Crippen LogP contribution in [0.4, 0.5) is 0 Å². The Kier molecular flexibility index (Phi) is 12.7. The Morgan fingerprint density at radius 2 is 0.730 bits per heavy atom. The van der Waals surface area contributed by atoms with Crippen molar-refractivity contribution in [1.82, 2.24) is 21.0 Å². The van der Waals surface area contributed by atoms with E-state index in [1.165, 1.54) is 29.3 Å². The molecule has 4 heterocycles. The molecule has 0 saturated carbocycles. The second-order valence-electron chi connectivity index (χ2n) is 24.0. The molecule has 2 aromatic rings. The van der Waals surface area contributed by atoms with Crippen molar-refractivity contribution in [2.45, 2.75) is 181 Å². The maximum absolute atomic E-state index is 14.5. The summed E-state index contributed by atoms with van der Waals surface area (Å²) in [5, 5.41) is 23.3. The molecular formula is C50H76N4O9. The van der Waals surface area contributed by atoms with E-state index in [1.807, 2.05) is 27.7 Å². The van der Waals surface area contributed by atoms with Gasteiger partial charge in [0, 0.05) is 78.8 Å². The van der Waals surface area contributed by atoms with Crippen LogP contribution in [0.5, 0.6) is 0 Å². The van der Waals surface area contributed by atoms with Gasteiger partial charge in [0.05, 0.1) is 48.7 Å². The Morgan fingerprint density at radius 1 is 0.476 bits per heavy atom. The normalized spacial score (nSPS) is 28.1. The molecule has 0 aliphatic carbocycles. The summed E-state index contributed by atoms with van der Waals surface area (Å²) in [4.78, 5) is 57.9. The fourth-order valence-electron chi connectivity index (χ4n) is 11.8. The quantitative estimate of drug-likeness (QED) is 0.119. The number of carbonyl (C=O) groups is 4. The first-order valence-corrected chi connectivity index (χ1v) is 22.8. The lowest BCUT2D eigenvalue weighted by molar-refractivity contribution is -0.198. The van der Waals surface area contributed by atoms with Gasteiger partial charge in [-0.3, -0.25) is 0 Å². The lowest BCUT2D eigenvalue weighted by atomic mass is 9.87. The molecule has 0 spiro atoms. The Labute approximate surface area is 375 Å². The van der Waals surface area contributed by atoms with Crippen LogP contribution in [0.25, 0.3) is 10.8 Å². The van der Waals surface area contributed by atoms with Crippen molar-refractivity contribution < 1.29 is 43.3 Å². The van der Waals surface area contributed by atoms with Crippen LogP contribution in [0.15, 0.2) is 24.3 Å². The van der Waals surface area contributed by atoms with Crippen LogP contribution in [0.3, 0.4) is 0 Å². The monoisotopic (exact) mass is 877 g/mol. The van der Waals surface area contributed by atoms with Crippen molar-refractivity contribution in [3.8, 4) is 0 Å². The van der Waals surface area contributed by atoms with Crippen molar-refractivity contribution in [3.63, 3.8) is 0 Å². The van der Waals surface area contributed by atoms with E-state index >= 15 is 0 Å². The summed E-state index contributed by atoms with van der Waals surface area (Å²) in [7, 11) is 0. The zero-order valence-corrected chi connectivity index (χ0v) is 40.9. The average Bonchev–Trinajstić information content (AvgIpc) is 3.67. The van der Waals surface area contributed by atoms with Crippen LogP contribution in [-0.2, 0) is 18.9 Å². The molecular weight excluding hydrogens is 801 g/mol. The van der Waals surface area contributed by atoms with Crippen molar-refractivity contribution in [2.24, 2.45) is 23.7 Å². The van der Waals surface area contributed by atoms with Gasteiger partial charge in [0.25, 0.3) is 0 Å². The van der Waals surface area contributed by atoms with Crippen LogP contribution in [0.2, 0.25) is 0 Å². The predicted molar refractivity (Wildman–Crippen MR) is 243 cm³/mol. The number of nitrogens with one attached hydrogen (secondary N) is 3. The molecule has 4 aliphatic heterocycles. The molecule has 4 N–H and O–H groups in total. The highest BCUT2D eigenvalue weighted by Crippen LogP contribution is 2.44. The molecule has 4 unspecified atom stereocenters. The highest BCUT2D eigenvalue weighted by molar-refractivity contribution is 6.22. The Hall–Kier alpha value is -3.62. The summed E-state index contributed by atoms with van der Waals surface area (Å²) in [6.45, 7) is 33.1.